The van der Waals surface area contributed by atoms with Crippen molar-refractivity contribution in [1.29, 1.82) is 0 Å². The van der Waals surface area contributed by atoms with Crippen LogP contribution in [0.4, 0.5) is 14.5 Å². The number of halogens is 3. The molecule has 4 nitrogen and oxygen atoms in total. The van der Waals surface area contributed by atoms with Gasteiger partial charge in [0, 0.05) is 22.1 Å². The van der Waals surface area contributed by atoms with E-state index in [2.05, 4.69) is 12.2 Å². The Hall–Kier alpha value is -2.73. The van der Waals surface area contributed by atoms with Crippen molar-refractivity contribution >= 4 is 28.8 Å². The van der Waals surface area contributed by atoms with Crippen LogP contribution < -0.4 is 10.0 Å². The minimum Gasteiger partial charge on any atom is -0.325 e. The smallest absolute Gasteiger partial charge is 0.246 e. The standard InChI is InChI=1S/C27H29ClF2N2O2/c1-3-17-6-9-20(10-7-17)31-27(33)22(14-18-4-5-18)24-13-8-19(15-32(24)34)25-21(16(2)29)11-12-23(28)26(25)30/h6-10,13,15-16,18,22H,3-5,11-12,14H2,1-2H3,(H-,31,33,34)/p+1. The van der Waals surface area contributed by atoms with Crippen LogP contribution in [-0.4, -0.2) is 17.3 Å². The van der Waals surface area contributed by atoms with Crippen LogP contribution >= 0.6 is 11.6 Å². The number of allylic oxidation sites excluding steroid dienone is 4. The number of carbonyl (C=O) groups is 1. The van der Waals surface area contributed by atoms with Crippen molar-refractivity contribution in [3.8, 4) is 0 Å². The highest BCUT2D eigenvalue weighted by atomic mass is 35.5. The summed E-state index contributed by atoms with van der Waals surface area (Å²) in [5.74, 6) is -1.03. The highest BCUT2D eigenvalue weighted by Gasteiger charge is 2.37. The Morgan fingerprint density at radius 1 is 1.21 bits per heavy atom. The lowest BCUT2D eigenvalue weighted by molar-refractivity contribution is -0.910. The van der Waals surface area contributed by atoms with Crippen LogP contribution in [0.5, 0.6) is 0 Å². The van der Waals surface area contributed by atoms with E-state index in [1.807, 2.05) is 24.3 Å². The van der Waals surface area contributed by atoms with Gasteiger partial charge in [-0.25, -0.2) is 8.78 Å². The normalized spacial score (nSPS) is 18.1. The lowest BCUT2D eigenvalue weighted by atomic mass is 9.89. The molecule has 2 aliphatic carbocycles. The van der Waals surface area contributed by atoms with Crippen molar-refractivity contribution in [3.05, 3.63) is 75.8 Å². The number of rotatable bonds is 8. The Morgan fingerprint density at radius 3 is 2.50 bits per heavy atom. The molecule has 1 saturated carbocycles. The average Bonchev–Trinajstić information content (AvgIpc) is 3.64. The molecule has 180 valence electrons. The Labute approximate surface area is 203 Å². The molecule has 2 aliphatic rings. The van der Waals surface area contributed by atoms with Crippen molar-refractivity contribution in [1.82, 2.24) is 0 Å². The highest BCUT2D eigenvalue weighted by molar-refractivity contribution is 6.31. The summed E-state index contributed by atoms with van der Waals surface area (Å²) in [5, 5.41) is 13.8. The largest absolute Gasteiger partial charge is 0.325 e. The van der Waals surface area contributed by atoms with Gasteiger partial charge in [-0.15, -0.1) is 0 Å². The molecule has 4 rings (SSSR count). The molecule has 1 amide bonds. The van der Waals surface area contributed by atoms with Gasteiger partial charge in [-0.1, -0.05) is 43.5 Å². The third-order valence-corrected chi connectivity index (χ3v) is 7.05. The topological polar surface area (TPSA) is 53.2 Å². The van der Waals surface area contributed by atoms with Crippen molar-refractivity contribution in [2.75, 3.05) is 5.32 Å². The van der Waals surface area contributed by atoms with Gasteiger partial charge in [0.15, 0.2) is 0 Å². The predicted octanol–water partition coefficient (Wildman–Crippen LogP) is 6.62. The summed E-state index contributed by atoms with van der Waals surface area (Å²) in [4.78, 5) is 13.2. The molecule has 34 heavy (non-hydrogen) atoms. The SMILES string of the molecule is CCc1ccc(NC(=O)C(CC2CC2)c2ccc(C3=C(C(C)F)CCC(Cl)=C3F)c[n+]2O)cc1. The first-order valence-electron chi connectivity index (χ1n) is 11.8. The number of nitrogens with one attached hydrogen (secondary N) is 1. The van der Waals surface area contributed by atoms with Crippen LogP contribution in [-0.2, 0) is 11.2 Å². The number of aryl methyl sites for hydroxylation is 1. The highest BCUT2D eigenvalue weighted by Crippen LogP contribution is 2.42. The van der Waals surface area contributed by atoms with E-state index >= 15 is 0 Å². The van der Waals surface area contributed by atoms with Gasteiger partial charge in [0.05, 0.1) is 10.6 Å². The maximum atomic E-state index is 14.9. The molecular weight excluding hydrogens is 458 g/mol. The molecule has 2 unspecified atom stereocenters. The molecule has 2 aromatic rings. The van der Waals surface area contributed by atoms with Gasteiger partial charge in [-0.3, -0.25) is 10.0 Å². The van der Waals surface area contributed by atoms with Gasteiger partial charge in [-0.2, -0.15) is 0 Å². The van der Waals surface area contributed by atoms with Crippen LogP contribution in [0.2, 0.25) is 0 Å². The van der Waals surface area contributed by atoms with Crippen LogP contribution in [0.1, 0.15) is 68.7 Å². The fourth-order valence-electron chi connectivity index (χ4n) is 4.49. The van der Waals surface area contributed by atoms with Crippen molar-refractivity contribution in [2.24, 2.45) is 5.92 Å². The summed E-state index contributed by atoms with van der Waals surface area (Å²) in [6.45, 7) is 3.44. The van der Waals surface area contributed by atoms with E-state index in [9.17, 15) is 18.8 Å². The molecule has 2 atom stereocenters. The van der Waals surface area contributed by atoms with E-state index in [0.717, 1.165) is 24.0 Å². The van der Waals surface area contributed by atoms with Gasteiger partial charge < -0.3 is 5.32 Å². The second-order valence-electron chi connectivity index (χ2n) is 9.19. The second kappa shape index (κ2) is 10.3. The molecule has 0 radical (unpaired) electrons. The number of pyridine rings is 1. The van der Waals surface area contributed by atoms with E-state index in [-0.39, 0.29) is 22.9 Å². The number of hydrogen-bond acceptors (Lipinski definition) is 2. The predicted molar refractivity (Wildman–Crippen MR) is 129 cm³/mol. The molecule has 0 saturated heterocycles. The zero-order chi connectivity index (χ0) is 24.4. The number of amides is 1. The second-order valence-corrected chi connectivity index (χ2v) is 9.65. The van der Waals surface area contributed by atoms with Crippen molar-refractivity contribution in [3.63, 3.8) is 0 Å². The van der Waals surface area contributed by atoms with E-state index in [1.165, 1.54) is 18.7 Å². The molecule has 1 aromatic carbocycles. The summed E-state index contributed by atoms with van der Waals surface area (Å²) in [7, 11) is 0. The molecule has 2 N–H and O–H groups in total. The van der Waals surface area contributed by atoms with E-state index in [1.54, 1.807) is 12.1 Å². The Balaban J connectivity index is 1.64. The number of carbonyl (C=O) groups excluding carboxylic acids is 1. The minimum absolute atomic E-state index is 0.0491. The quantitative estimate of drug-likeness (QED) is 0.324. The molecule has 0 bridgehead atoms. The first-order chi connectivity index (χ1) is 16.3. The van der Waals surface area contributed by atoms with Gasteiger partial charge in [0.1, 0.15) is 17.9 Å². The third kappa shape index (κ3) is 5.33. The van der Waals surface area contributed by atoms with E-state index in [4.69, 9.17) is 11.6 Å². The van der Waals surface area contributed by atoms with Gasteiger partial charge in [-0.05, 0) is 67.9 Å². The number of hydrogen-bond donors (Lipinski definition) is 2. The third-order valence-electron chi connectivity index (χ3n) is 6.69. The van der Waals surface area contributed by atoms with E-state index in [0.29, 0.717) is 41.3 Å². The minimum atomic E-state index is -1.34. The number of nitrogens with zero attached hydrogens (tertiary/aromatic N) is 1. The summed E-state index contributed by atoms with van der Waals surface area (Å²) >= 11 is 6.03. The number of aromatic nitrogens is 1. The molecular formula is C27H30ClF2N2O2+. The van der Waals surface area contributed by atoms with Crippen LogP contribution in [0.25, 0.3) is 5.57 Å². The average molecular weight is 488 g/mol. The molecule has 0 spiro atoms. The van der Waals surface area contributed by atoms with Crippen LogP contribution in [0.3, 0.4) is 0 Å². The fraction of sp³-hybridized carbons (Fsp3) is 0.407. The zero-order valence-corrected chi connectivity index (χ0v) is 20.2. The fourth-order valence-corrected chi connectivity index (χ4v) is 4.68. The van der Waals surface area contributed by atoms with Crippen molar-refractivity contribution < 1.29 is 23.5 Å². The molecule has 1 heterocycles. The summed E-state index contributed by atoms with van der Waals surface area (Å²) in [6, 6.07) is 10.9. The van der Waals surface area contributed by atoms with Gasteiger partial charge >= 0.3 is 0 Å². The first-order valence-corrected chi connectivity index (χ1v) is 12.2. The van der Waals surface area contributed by atoms with Gasteiger partial charge in [0.25, 0.3) is 0 Å². The maximum absolute atomic E-state index is 14.9. The van der Waals surface area contributed by atoms with Crippen LogP contribution in [0, 0.1) is 5.92 Å². The van der Waals surface area contributed by atoms with E-state index < -0.39 is 17.9 Å². The lowest BCUT2D eigenvalue weighted by Crippen LogP contribution is -2.40. The monoisotopic (exact) mass is 487 g/mol. The maximum Gasteiger partial charge on any atom is 0.246 e. The zero-order valence-electron chi connectivity index (χ0n) is 19.5. The number of anilines is 1. The lowest BCUT2D eigenvalue weighted by Gasteiger charge is -2.20. The number of benzene rings is 1. The summed E-state index contributed by atoms with van der Waals surface area (Å²) in [6.07, 6.45) is 4.19. The molecule has 1 fully saturated rings. The molecule has 0 aliphatic heterocycles. The molecule has 1 aromatic heterocycles. The summed E-state index contributed by atoms with van der Waals surface area (Å²) < 4.78 is 30.0. The first kappa shape index (κ1) is 24.4. The van der Waals surface area contributed by atoms with Crippen LogP contribution in [0.15, 0.2) is 59.0 Å². The Kier molecular flexibility index (Phi) is 7.36. The number of alkyl halides is 1. The Morgan fingerprint density at radius 2 is 1.91 bits per heavy atom. The van der Waals surface area contributed by atoms with Gasteiger partial charge in [0.2, 0.25) is 17.8 Å². The van der Waals surface area contributed by atoms with Crippen molar-refractivity contribution in [2.45, 2.75) is 64.5 Å². The molecule has 7 heteroatoms. The summed E-state index contributed by atoms with van der Waals surface area (Å²) in [5.41, 5.74) is 3.00. The Bertz CT molecular complexity index is 1140.